The van der Waals surface area contributed by atoms with Gasteiger partial charge in [-0.25, -0.2) is 4.79 Å². The first-order valence-corrected chi connectivity index (χ1v) is 6.11. The van der Waals surface area contributed by atoms with Gasteiger partial charge in [0.1, 0.15) is 6.54 Å². The van der Waals surface area contributed by atoms with Crippen molar-refractivity contribution in [2.24, 2.45) is 0 Å². The third kappa shape index (κ3) is 6.07. The van der Waals surface area contributed by atoms with Crippen molar-refractivity contribution in [3.63, 3.8) is 0 Å². The molecular formula is C11H19N3O4. The van der Waals surface area contributed by atoms with Crippen molar-refractivity contribution in [3.05, 3.63) is 0 Å². The molecule has 1 aliphatic rings. The second kappa shape index (κ2) is 7.52. The molecule has 3 amide bonds. The lowest BCUT2D eigenvalue weighted by Gasteiger charge is -2.22. The van der Waals surface area contributed by atoms with Crippen LogP contribution in [-0.4, -0.2) is 42.1 Å². The topological polar surface area (TPSA) is 108 Å². The van der Waals surface area contributed by atoms with Gasteiger partial charge in [-0.15, -0.1) is 0 Å². The molecule has 0 heterocycles. The molecule has 0 aromatic heterocycles. The fraction of sp³-hybridized carbons (Fsp3) is 0.727. The van der Waals surface area contributed by atoms with Crippen molar-refractivity contribution in [2.45, 2.75) is 38.1 Å². The zero-order valence-corrected chi connectivity index (χ0v) is 10.2. The number of amides is 3. The van der Waals surface area contributed by atoms with Crippen LogP contribution < -0.4 is 16.0 Å². The van der Waals surface area contributed by atoms with Gasteiger partial charge >= 0.3 is 12.0 Å². The second-order valence-electron chi connectivity index (χ2n) is 4.33. The Bertz CT molecular complexity index is 313. The number of hydrogen-bond donors (Lipinski definition) is 4. The first-order chi connectivity index (χ1) is 8.58. The summed E-state index contributed by atoms with van der Waals surface area (Å²) in [4.78, 5) is 32.7. The minimum atomic E-state index is -1.13. The number of carboxylic acid groups (broad SMARTS) is 1. The molecule has 102 valence electrons. The first kappa shape index (κ1) is 14.3. The van der Waals surface area contributed by atoms with Gasteiger partial charge in [-0.3, -0.25) is 9.59 Å². The van der Waals surface area contributed by atoms with Crippen LogP contribution in [-0.2, 0) is 9.59 Å². The van der Waals surface area contributed by atoms with Crippen molar-refractivity contribution in [1.82, 2.24) is 16.0 Å². The maximum atomic E-state index is 11.5. The Balaban J connectivity index is 2.12. The highest BCUT2D eigenvalue weighted by Crippen LogP contribution is 2.16. The van der Waals surface area contributed by atoms with Gasteiger partial charge in [0.15, 0.2) is 0 Å². The standard InChI is InChI=1S/C11H19N3O4/c15-9(14-8-4-2-1-3-5-8)6-12-11(18)13-7-10(16)17/h8H,1-7H2,(H,14,15)(H,16,17)(H2,12,13,18). The fourth-order valence-electron chi connectivity index (χ4n) is 1.90. The third-order valence-corrected chi connectivity index (χ3v) is 2.78. The monoisotopic (exact) mass is 257 g/mol. The van der Waals surface area contributed by atoms with Crippen LogP contribution in [0, 0.1) is 0 Å². The summed E-state index contributed by atoms with van der Waals surface area (Å²) in [6.45, 7) is -0.599. The summed E-state index contributed by atoms with van der Waals surface area (Å²) >= 11 is 0. The van der Waals surface area contributed by atoms with Crippen molar-refractivity contribution in [3.8, 4) is 0 Å². The molecular weight excluding hydrogens is 238 g/mol. The summed E-state index contributed by atoms with van der Waals surface area (Å²) in [6.07, 6.45) is 5.42. The molecule has 1 saturated carbocycles. The molecule has 0 saturated heterocycles. The number of urea groups is 1. The van der Waals surface area contributed by atoms with E-state index < -0.39 is 18.5 Å². The minimum absolute atomic E-state index is 0.137. The van der Waals surface area contributed by atoms with E-state index in [0.29, 0.717) is 0 Å². The molecule has 0 unspecified atom stereocenters. The SMILES string of the molecule is O=C(O)CNC(=O)NCC(=O)NC1CCCCC1. The normalized spacial score (nSPS) is 15.8. The highest BCUT2D eigenvalue weighted by atomic mass is 16.4. The van der Waals surface area contributed by atoms with Crippen LogP contribution in [0.2, 0.25) is 0 Å². The van der Waals surface area contributed by atoms with E-state index >= 15 is 0 Å². The lowest BCUT2D eigenvalue weighted by Crippen LogP contribution is -2.46. The molecule has 0 aromatic rings. The molecule has 7 heteroatoms. The largest absolute Gasteiger partial charge is 0.480 e. The summed E-state index contributed by atoms with van der Waals surface area (Å²) in [5, 5.41) is 15.6. The number of rotatable bonds is 5. The van der Waals surface area contributed by atoms with Gasteiger partial charge in [-0.05, 0) is 12.8 Å². The van der Waals surface area contributed by atoms with E-state index in [1.54, 1.807) is 0 Å². The summed E-state index contributed by atoms with van der Waals surface area (Å²) in [6, 6.07) is -0.452. The molecule has 0 spiro atoms. The van der Waals surface area contributed by atoms with Crippen LogP contribution in [0.15, 0.2) is 0 Å². The number of carboxylic acids is 1. The van der Waals surface area contributed by atoms with Crippen LogP contribution in [0.1, 0.15) is 32.1 Å². The Hall–Kier alpha value is -1.79. The fourth-order valence-corrected chi connectivity index (χ4v) is 1.90. The van der Waals surface area contributed by atoms with Crippen LogP contribution in [0.3, 0.4) is 0 Å². The van der Waals surface area contributed by atoms with E-state index in [9.17, 15) is 14.4 Å². The van der Waals surface area contributed by atoms with Gasteiger partial charge in [-0.2, -0.15) is 0 Å². The van der Waals surface area contributed by atoms with Crippen molar-refractivity contribution in [2.75, 3.05) is 13.1 Å². The smallest absolute Gasteiger partial charge is 0.323 e. The number of nitrogens with one attached hydrogen (secondary N) is 3. The number of hydrogen-bond acceptors (Lipinski definition) is 3. The summed E-state index contributed by atoms with van der Waals surface area (Å²) in [5.41, 5.74) is 0. The predicted molar refractivity (Wildman–Crippen MR) is 64.1 cm³/mol. The van der Waals surface area contributed by atoms with Crippen LogP contribution in [0.5, 0.6) is 0 Å². The molecule has 1 rings (SSSR count). The maximum absolute atomic E-state index is 11.5. The van der Waals surface area contributed by atoms with Gasteiger partial charge in [0.2, 0.25) is 5.91 Å². The van der Waals surface area contributed by atoms with Crippen LogP contribution >= 0.6 is 0 Å². The Labute approximate surface area is 105 Å². The second-order valence-corrected chi connectivity index (χ2v) is 4.33. The van der Waals surface area contributed by atoms with Gasteiger partial charge in [0, 0.05) is 6.04 Å². The Morgan fingerprint density at radius 3 is 2.22 bits per heavy atom. The average Bonchev–Trinajstić information content (AvgIpc) is 2.35. The average molecular weight is 257 g/mol. The Morgan fingerprint density at radius 1 is 1.00 bits per heavy atom. The van der Waals surface area contributed by atoms with Gasteiger partial charge in [-0.1, -0.05) is 19.3 Å². The highest BCUT2D eigenvalue weighted by molar-refractivity contribution is 5.85. The molecule has 0 atom stereocenters. The number of carbonyl (C=O) groups excluding carboxylic acids is 2. The maximum Gasteiger partial charge on any atom is 0.323 e. The lowest BCUT2D eigenvalue weighted by molar-refractivity contribution is -0.135. The molecule has 1 fully saturated rings. The molecule has 4 N–H and O–H groups in total. The third-order valence-electron chi connectivity index (χ3n) is 2.78. The van der Waals surface area contributed by atoms with E-state index in [2.05, 4.69) is 16.0 Å². The van der Waals surface area contributed by atoms with Crippen LogP contribution in [0.25, 0.3) is 0 Å². The summed E-state index contributed by atoms with van der Waals surface area (Å²) < 4.78 is 0. The molecule has 0 radical (unpaired) electrons. The van der Waals surface area contributed by atoms with Crippen molar-refractivity contribution in [1.29, 1.82) is 0 Å². The molecule has 0 aromatic carbocycles. The molecule has 18 heavy (non-hydrogen) atoms. The Morgan fingerprint density at radius 2 is 1.61 bits per heavy atom. The van der Waals surface area contributed by atoms with E-state index in [-0.39, 0.29) is 18.5 Å². The Kier molecular flexibility index (Phi) is 5.96. The quantitative estimate of drug-likeness (QED) is 0.548. The minimum Gasteiger partial charge on any atom is -0.480 e. The molecule has 0 aliphatic heterocycles. The zero-order chi connectivity index (χ0) is 13.4. The van der Waals surface area contributed by atoms with E-state index in [0.717, 1.165) is 25.7 Å². The van der Waals surface area contributed by atoms with Gasteiger partial charge < -0.3 is 21.1 Å². The van der Waals surface area contributed by atoms with Gasteiger partial charge in [0.05, 0.1) is 6.54 Å². The lowest BCUT2D eigenvalue weighted by atomic mass is 9.95. The van der Waals surface area contributed by atoms with E-state index in [1.165, 1.54) is 6.42 Å². The molecule has 0 bridgehead atoms. The van der Waals surface area contributed by atoms with E-state index in [4.69, 9.17) is 5.11 Å². The zero-order valence-electron chi connectivity index (χ0n) is 10.2. The van der Waals surface area contributed by atoms with Gasteiger partial charge in [0.25, 0.3) is 0 Å². The summed E-state index contributed by atoms with van der Waals surface area (Å²) in [5.74, 6) is -1.37. The van der Waals surface area contributed by atoms with Crippen LogP contribution in [0.4, 0.5) is 4.79 Å². The van der Waals surface area contributed by atoms with Crippen molar-refractivity contribution < 1.29 is 19.5 Å². The molecule has 1 aliphatic carbocycles. The van der Waals surface area contributed by atoms with E-state index in [1.807, 2.05) is 0 Å². The first-order valence-electron chi connectivity index (χ1n) is 6.11. The van der Waals surface area contributed by atoms with Crippen molar-refractivity contribution >= 4 is 17.9 Å². The predicted octanol–water partition coefficient (Wildman–Crippen LogP) is -0.181. The highest BCUT2D eigenvalue weighted by Gasteiger charge is 2.15. The summed E-state index contributed by atoms with van der Waals surface area (Å²) in [7, 11) is 0. The number of aliphatic carboxylic acids is 1. The molecule has 7 nitrogen and oxygen atoms in total. The number of carbonyl (C=O) groups is 3.